The highest BCUT2D eigenvalue weighted by Gasteiger charge is 2.54. The number of carbonyl (C=O) groups excluding carboxylic acids is 2. The maximum absolute atomic E-state index is 12.1. The number of carbonyl (C=O) groups is 2. The van der Waals surface area contributed by atoms with Crippen molar-refractivity contribution in [3.8, 4) is 16.9 Å². The summed E-state index contributed by atoms with van der Waals surface area (Å²) in [5.74, 6) is 1.33. The standard InChI is InChI=1S/C37H44N2O4/c1-24-18-30(43-17-7-16-39-15-6-10-34(39)40)19-25(2)36(24)31-9-5-8-27(26(31)3)23-38-29-11-12-32-28(20-29)22-37(13-14-37)33(32)21-35(41)42-4/h5,8-9,11-12,18-20,33,38H,6-7,10,13-17,21-23H2,1-4H3. The highest BCUT2D eigenvalue weighted by atomic mass is 16.5. The van der Waals surface area contributed by atoms with Crippen molar-refractivity contribution in [3.63, 3.8) is 0 Å². The zero-order valence-corrected chi connectivity index (χ0v) is 26.1. The van der Waals surface area contributed by atoms with Crippen molar-refractivity contribution in [2.75, 3.05) is 32.1 Å². The van der Waals surface area contributed by atoms with E-state index in [1.807, 2.05) is 4.90 Å². The van der Waals surface area contributed by atoms with E-state index in [0.717, 1.165) is 50.3 Å². The molecule has 0 aromatic heterocycles. The third-order valence-corrected chi connectivity index (χ3v) is 10.0. The van der Waals surface area contributed by atoms with Crippen LogP contribution in [-0.2, 0) is 27.3 Å². The van der Waals surface area contributed by atoms with Crippen molar-refractivity contribution in [1.29, 1.82) is 0 Å². The highest BCUT2D eigenvalue weighted by Crippen LogP contribution is 2.64. The van der Waals surface area contributed by atoms with Gasteiger partial charge in [-0.25, -0.2) is 0 Å². The Labute approximate surface area is 255 Å². The smallest absolute Gasteiger partial charge is 0.306 e. The fraction of sp³-hybridized carbons (Fsp3) is 0.459. The van der Waals surface area contributed by atoms with Crippen LogP contribution in [0.4, 0.5) is 5.69 Å². The molecule has 2 fully saturated rings. The quantitative estimate of drug-likeness (QED) is 0.191. The van der Waals surface area contributed by atoms with Crippen molar-refractivity contribution in [3.05, 3.63) is 81.9 Å². The number of anilines is 1. The molecule has 2 aliphatic carbocycles. The molecule has 1 aliphatic heterocycles. The van der Waals surface area contributed by atoms with E-state index < -0.39 is 0 Å². The first kappa shape index (κ1) is 29.3. The number of likely N-dealkylation sites (tertiary alicyclic amines) is 1. The van der Waals surface area contributed by atoms with Crippen LogP contribution in [-0.4, -0.2) is 43.6 Å². The van der Waals surface area contributed by atoms with Crippen LogP contribution in [0.15, 0.2) is 48.5 Å². The van der Waals surface area contributed by atoms with Gasteiger partial charge in [-0.15, -0.1) is 0 Å². The van der Waals surface area contributed by atoms with Gasteiger partial charge < -0.3 is 19.7 Å². The maximum Gasteiger partial charge on any atom is 0.306 e. The van der Waals surface area contributed by atoms with Crippen molar-refractivity contribution >= 4 is 17.6 Å². The fourth-order valence-corrected chi connectivity index (χ4v) is 7.46. The molecule has 3 aromatic rings. The molecule has 1 heterocycles. The van der Waals surface area contributed by atoms with Gasteiger partial charge in [-0.05, 0) is 127 Å². The van der Waals surface area contributed by atoms with Crippen LogP contribution in [0.25, 0.3) is 11.1 Å². The van der Waals surface area contributed by atoms with E-state index in [-0.39, 0.29) is 23.2 Å². The molecule has 6 nitrogen and oxygen atoms in total. The Morgan fingerprint density at radius 3 is 2.56 bits per heavy atom. The zero-order valence-electron chi connectivity index (χ0n) is 26.1. The second-order valence-electron chi connectivity index (χ2n) is 12.8. The second kappa shape index (κ2) is 12.1. The van der Waals surface area contributed by atoms with Crippen molar-refractivity contribution < 1.29 is 19.1 Å². The zero-order chi connectivity index (χ0) is 30.1. The molecular weight excluding hydrogens is 536 g/mol. The average Bonchev–Trinajstić information content (AvgIpc) is 3.55. The molecule has 43 heavy (non-hydrogen) atoms. The molecule has 1 amide bonds. The van der Waals surface area contributed by atoms with Gasteiger partial charge >= 0.3 is 5.97 Å². The van der Waals surface area contributed by atoms with Crippen molar-refractivity contribution in [2.24, 2.45) is 5.41 Å². The number of esters is 1. The van der Waals surface area contributed by atoms with Gasteiger partial charge in [0.25, 0.3) is 0 Å². The number of ether oxygens (including phenoxy) is 2. The minimum Gasteiger partial charge on any atom is -0.494 e. The molecule has 0 bridgehead atoms. The van der Waals surface area contributed by atoms with E-state index in [1.165, 1.54) is 64.5 Å². The lowest BCUT2D eigenvalue weighted by Crippen LogP contribution is -2.26. The SMILES string of the molecule is COC(=O)CC1c2ccc(NCc3cccc(-c4c(C)cc(OCCCN5CCCC5=O)cc4C)c3C)cc2CC12CC2. The van der Waals surface area contributed by atoms with E-state index in [9.17, 15) is 9.59 Å². The van der Waals surface area contributed by atoms with Gasteiger partial charge in [0.05, 0.1) is 20.1 Å². The first-order chi connectivity index (χ1) is 20.8. The molecule has 1 atom stereocenters. The number of aryl methyl sites for hydroxylation is 2. The molecular formula is C37H44N2O4. The van der Waals surface area contributed by atoms with Crippen LogP contribution < -0.4 is 10.1 Å². The van der Waals surface area contributed by atoms with Crippen LogP contribution in [0, 0.1) is 26.2 Å². The summed E-state index contributed by atoms with van der Waals surface area (Å²) in [6, 6.07) is 17.5. The summed E-state index contributed by atoms with van der Waals surface area (Å²) < 4.78 is 11.1. The first-order valence-corrected chi connectivity index (χ1v) is 15.8. The largest absolute Gasteiger partial charge is 0.494 e. The van der Waals surface area contributed by atoms with Gasteiger partial charge in [-0.3, -0.25) is 9.59 Å². The maximum atomic E-state index is 12.1. The van der Waals surface area contributed by atoms with Gasteiger partial charge in [0.1, 0.15) is 5.75 Å². The van der Waals surface area contributed by atoms with Crippen LogP contribution in [0.5, 0.6) is 5.75 Å². The highest BCUT2D eigenvalue weighted by molar-refractivity contribution is 5.78. The average molecular weight is 581 g/mol. The predicted molar refractivity (Wildman–Crippen MR) is 171 cm³/mol. The summed E-state index contributed by atoms with van der Waals surface area (Å²) in [5.41, 5.74) is 11.6. The van der Waals surface area contributed by atoms with Crippen LogP contribution in [0.1, 0.15) is 77.8 Å². The van der Waals surface area contributed by atoms with Crippen LogP contribution >= 0.6 is 0 Å². The lowest BCUT2D eigenvalue weighted by atomic mass is 9.87. The number of nitrogens with zero attached hydrogens (tertiary/aromatic N) is 1. The van der Waals surface area contributed by atoms with Gasteiger partial charge in [-0.2, -0.15) is 0 Å². The summed E-state index contributed by atoms with van der Waals surface area (Å²) >= 11 is 0. The number of hydrogen-bond donors (Lipinski definition) is 1. The van der Waals surface area contributed by atoms with Crippen LogP contribution in [0.2, 0.25) is 0 Å². The Morgan fingerprint density at radius 1 is 1.07 bits per heavy atom. The van der Waals surface area contributed by atoms with E-state index >= 15 is 0 Å². The third kappa shape index (κ3) is 6.02. The number of rotatable bonds is 11. The normalized spacial score (nSPS) is 18.2. The molecule has 1 saturated heterocycles. The molecule has 226 valence electrons. The Balaban J connectivity index is 1.11. The molecule has 1 spiro atoms. The predicted octanol–water partition coefficient (Wildman–Crippen LogP) is 7.27. The van der Waals surface area contributed by atoms with Crippen molar-refractivity contribution in [1.82, 2.24) is 4.90 Å². The summed E-state index contributed by atoms with van der Waals surface area (Å²) in [6.45, 7) is 9.54. The Kier molecular flexibility index (Phi) is 8.21. The molecule has 0 radical (unpaired) electrons. The summed E-state index contributed by atoms with van der Waals surface area (Å²) in [7, 11) is 1.48. The number of amides is 1. The van der Waals surface area contributed by atoms with Crippen LogP contribution in [0.3, 0.4) is 0 Å². The van der Waals surface area contributed by atoms with E-state index in [4.69, 9.17) is 9.47 Å². The number of fused-ring (bicyclic) bond motifs is 1. The Morgan fingerprint density at radius 2 is 1.86 bits per heavy atom. The Bertz CT molecular complexity index is 1520. The topological polar surface area (TPSA) is 67.9 Å². The Hall–Kier alpha value is -3.80. The number of benzene rings is 3. The van der Waals surface area contributed by atoms with E-state index in [1.54, 1.807) is 0 Å². The molecule has 1 unspecified atom stereocenters. The third-order valence-electron chi connectivity index (χ3n) is 10.0. The van der Waals surface area contributed by atoms with Gasteiger partial charge in [0, 0.05) is 37.7 Å². The molecule has 1 N–H and O–H groups in total. The summed E-state index contributed by atoms with van der Waals surface area (Å²) in [5, 5.41) is 3.68. The van der Waals surface area contributed by atoms with Gasteiger partial charge in [-0.1, -0.05) is 24.3 Å². The van der Waals surface area contributed by atoms with E-state index in [0.29, 0.717) is 19.4 Å². The van der Waals surface area contributed by atoms with Gasteiger partial charge in [0.15, 0.2) is 0 Å². The number of nitrogens with one attached hydrogen (secondary N) is 1. The summed E-state index contributed by atoms with van der Waals surface area (Å²) in [6.07, 6.45) is 6.45. The molecule has 1 saturated carbocycles. The first-order valence-electron chi connectivity index (χ1n) is 15.8. The molecule has 3 aromatic carbocycles. The van der Waals surface area contributed by atoms with Crippen molar-refractivity contribution in [2.45, 2.75) is 78.2 Å². The van der Waals surface area contributed by atoms with Gasteiger partial charge in [0.2, 0.25) is 5.91 Å². The monoisotopic (exact) mass is 580 g/mol. The number of methoxy groups -OCH3 is 1. The summed E-state index contributed by atoms with van der Waals surface area (Å²) in [4.78, 5) is 25.9. The fourth-order valence-electron chi connectivity index (χ4n) is 7.46. The molecule has 6 heteroatoms. The van der Waals surface area contributed by atoms with E-state index in [2.05, 4.69) is 74.6 Å². The minimum atomic E-state index is -0.110. The molecule has 6 rings (SSSR count). The lowest BCUT2D eigenvalue weighted by molar-refractivity contribution is -0.141. The lowest BCUT2D eigenvalue weighted by Gasteiger charge is -2.19. The number of hydrogen-bond acceptors (Lipinski definition) is 5. The minimum absolute atomic E-state index is 0.110. The second-order valence-corrected chi connectivity index (χ2v) is 12.8. The molecule has 3 aliphatic rings.